The summed E-state index contributed by atoms with van der Waals surface area (Å²) in [5, 5.41) is 0. The van der Waals surface area contributed by atoms with E-state index >= 15 is 0 Å². The number of alkyl halides is 1. The van der Waals surface area contributed by atoms with Gasteiger partial charge in [0.2, 0.25) is 0 Å². The van der Waals surface area contributed by atoms with E-state index in [0.29, 0.717) is 17.8 Å². The highest BCUT2D eigenvalue weighted by Crippen LogP contribution is 2.23. The number of halogens is 1. The molecule has 0 aromatic carbocycles. The zero-order valence-corrected chi connectivity index (χ0v) is 12.8. The third-order valence-corrected chi connectivity index (χ3v) is 4.43. The molecule has 3 heterocycles. The van der Waals surface area contributed by atoms with Crippen LogP contribution in [0.3, 0.4) is 0 Å². The Morgan fingerprint density at radius 2 is 2.30 bits per heavy atom. The zero-order chi connectivity index (χ0) is 14.1. The first-order valence-corrected chi connectivity index (χ1v) is 7.82. The molecular weight excluding hydrogens is 272 g/mol. The zero-order valence-electron chi connectivity index (χ0n) is 12.1. The van der Waals surface area contributed by atoms with Crippen LogP contribution in [0.15, 0.2) is 18.3 Å². The summed E-state index contributed by atoms with van der Waals surface area (Å²) in [5.74, 6) is 2.04. The second-order valence-corrected chi connectivity index (χ2v) is 6.13. The molecule has 1 atom stereocenters. The van der Waals surface area contributed by atoms with Crippen molar-refractivity contribution < 1.29 is 0 Å². The maximum Gasteiger partial charge on any atom is 0.160 e. The number of likely N-dealkylation sites (tertiary alicyclic amines) is 1. The van der Waals surface area contributed by atoms with Crippen LogP contribution in [-0.4, -0.2) is 38.6 Å². The van der Waals surface area contributed by atoms with Gasteiger partial charge in [-0.3, -0.25) is 0 Å². The van der Waals surface area contributed by atoms with Gasteiger partial charge in [0.05, 0.1) is 5.88 Å². The molecule has 20 heavy (non-hydrogen) atoms. The lowest BCUT2D eigenvalue weighted by Crippen LogP contribution is -2.28. The lowest BCUT2D eigenvalue weighted by molar-refractivity contribution is 0.261. The molecule has 0 amide bonds. The van der Waals surface area contributed by atoms with E-state index in [1.165, 1.54) is 13.0 Å². The molecule has 3 rings (SSSR count). The smallest absolute Gasteiger partial charge is 0.160 e. The Morgan fingerprint density at radius 3 is 3.00 bits per heavy atom. The quantitative estimate of drug-likeness (QED) is 0.813. The summed E-state index contributed by atoms with van der Waals surface area (Å²) in [6.07, 6.45) is 3.07. The van der Waals surface area contributed by atoms with E-state index in [1.807, 2.05) is 18.3 Å². The molecule has 4 nitrogen and oxygen atoms in total. The highest BCUT2D eigenvalue weighted by molar-refractivity contribution is 6.16. The lowest BCUT2D eigenvalue weighted by Gasteiger charge is -2.20. The van der Waals surface area contributed by atoms with E-state index in [9.17, 15) is 0 Å². The van der Waals surface area contributed by atoms with Crippen molar-refractivity contribution in [2.75, 3.05) is 13.1 Å². The van der Waals surface area contributed by atoms with Gasteiger partial charge in [0, 0.05) is 25.3 Å². The van der Waals surface area contributed by atoms with Crippen molar-refractivity contribution in [3.05, 3.63) is 24.2 Å². The monoisotopic (exact) mass is 292 g/mol. The molecule has 0 bridgehead atoms. The average molecular weight is 293 g/mol. The van der Waals surface area contributed by atoms with Gasteiger partial charge in [0.25, 0.3) is 0 Å². The van der Waals surface area contributed by atoms with Crippen molar-refractivity contribution in [1.29, 1.82) is 0 Å². The van der Waals surface area contributed by atoms with Gasteiger partial charge in [-0.05, 0) is 44.9 Å². The normalized spacial score (nSPS) is 20.3. The molecule has 1 aliphatic rings. The molecule has 2 aromatic heterocycles. The SMILES string of the molecule is CC(C)N1CCC(Cn2c(CCl)nc3cccnc32)C1. The van der Waals surface area contributed by atoms with Gasteiger partial charge in [0.1, 0.15) is 11.3 Å². The fraction of sp³-hybridized carbons (Fsp3) is 0.600. The maximum absolute atomic E-state index is 6.05. The number of aromatic nitrogens is 3. The Hall–Kier alpha value is -1.13. The van der Waals surface area contributed by atoms with Crippen molar-refractivity contribution in [2.45, 2.75) is 38.7 Å². The minimum Gasteiger partial charge on any atom is -0.311 e. The molecule has 0 spiro atoms. The fourth-order valence-corrected chi connectivity index (χ4v) is 3.24. The largest absolute Gasteiger partial charge is 0.311 e. The highest BCUT2D eigenvalue weighted by atomic mass is 35.5. The summed E-state index contributed by atoms with van der Waals surface area (Å²) in [7, 11) is 0. The molecule has 108 valence electrons. The lowest BCUT2D eigenvalue weighted by atomic mass is 10.1. The summed E-state index contributed by atoms with van der Waals surface area (Å²) < 4.78 is 2.21. The Bertz CT molecular complexity index is 593. The number of nitrogens with zero attached hydrogens (tertiary/aromatic N) is 4. The molecule has 0 saturated carbocycles. The van der Waals surface area contributed by atoms with Crippen LogP contribution in [0.4, 0.5) is 0 Å². The predicted molar refractivity (Wildman–Crippen MR) is 81.9 cm³/mol. The van der Waals surface area contributed by atoms with Crippen molar-refractivity contribution >= 4 is 22.8 Å². The molecule has 2 aromatic rings. The van der Waals surface area contributed by atoms with E-state index < -0.39 is 0 Å². The van der Waals surface area contributed by atoms with E-state index in [2.05, 4.69) is 33.3 Å². The molecule has 1 fully saturated rings. The van der Waals surface area contributed by atoms with E-state index in [0.717, 1.165) is 30.1 Å². The second-order valence-electron chi connectivity index (χ2n) is 5.86. The molecule has 1 saturated heterocycles. The van der Waals surface area contributed by atoms with Crippen molar-refractivity contribution in [3.63, 3.8) is 0 Å². The van der Waals surface area contributed by atoms with Gasteiger partial charge in [-0.1, -0.05) is 0 Å². The van der Waals surface area contributed by atoms with Crippen LogP contribution in [0, 0.1) is 5.92 Å². The minimum absolute atomic E-state index is 0.441. The van der Waals surface area contributed by atoms with E-state index in [1.54, 1.807) is 0 Å². The van der Waals surface area contributed by atoms with Gasteiger partial charge in [0.15, 0.2) is 5.65 Å². The van der Waals surface area contributed by atoms with E-state index in [4.69, 9.17) is 11.6 Å². The van der Waals surface area contributed by atoms with Crippen LogP contribution in [0.2, 0.25) is 0 Å². The number of hydrogen-bond donors (Lipinski definition) is 0. The summed E-state index contributed by atoms with van der Waals surface area (Å²) >= 11 is 6.05. The molecule has 5 heteroatoms. The number of pyridine rings is 1. The Balaban J connectivity index is 1.84. The molecular formula is C15H21ClN4. The molecule has 0 aliphatic carbocycles. The fourth-order valence-electron chi connectivity index (χ4n) is 3.04. The third-order valence-electron chi connectivity index (χ3n) is 4.19. The summed E-state index contributed by atoms with van der Waals surface area (Å²) in [5.41, 5.74) is 1.91. The standard InChI is InChI=1S/C15H21ClN4/c1-11(2)19-7-5-12(9-19)10-20-14(8-16)18-13-4-3-6-17-15(13)20/h3-4,6,11-12H,5,7-10H2,1-2H3. The van der Waals surface area contributed by atoms with Crippen LogP contribution in [-0.2, 0) is 12.4 Å². The van der Waals surface area contributed by atoms with Gasteiger partial charge in [-0.2, -0.15) is 0 Å². The first kappa shape index (κ1) is 13.8. The van der Waals surface area contributed by atoms with Crippen LogP contribution in [0.5, 0.6) is 0 Å². The van der Waals surface area contributed by atoms with Crippen LogP contribution in [0.25, 0.3) is 11.2 Å². The van der Waals surface area contributed by atoms with Gasteiger partial charge >= 0.3 is 0 Å². The van der Waals surface area contributed by atoms with Crippen molar-refractivity contribution in [3.8, 4) is 0 Å². The van der Waals surface area contributed by atoms with Crippen LogP contribution in [0.1, 0.15) is 26.1 Å². The van der Waals surface area contributed by atoms with Crippen LogP contribution >= 0.6 is 11.6 Å². The van der Waals surface area contributed by atoms with Crippen LogP contribution < -0.4 is 0 Å². The average Bonchev–Trinajstić information content (AvgIpc) is 3.04. The first-order chi connectivity index (χ1) is 9.69. The Kier molecular flexibility index (Phi) is 3.94. The third kappa shape index (κ3) is 2.54. The topological polar surface area (TPSA) is 34.0 Å². The summed E-state index contributed by atoms with van der Waals surface area (Å²) in [6, 6.07) is 4.56. The van der Waals surface area contributed by atoms with Crippen molar-refractivity contribution in [2.24, 2.45) is 5.92 Å². The summed E-state index contributed by atoms with van der Waals surface area (Å²) in [4.78, 5) is 11.6. The summed E-state index contributed by atoms with van der Waals surface area (Å²) in [6.45, 7) is 7.85. The van der Waals surface area contributed by atoms with Gasteiger partial charge in [-0.15, -0.1) is 11.6 Å². The molecule has 0 radical (unpaired) electrons. The molecule has 1 aliphatic heterocycles. The Morgan fingerprint density at radius 1 is 1.45 bits per heavy atom. The Labute approximate surface area is 124 Å². The number of hydrogen-bond acceptors (Lipinski definition) is 3. The highest BCUT2D eigenvalue weighted by Gasteiger charge is 2.25. The van der Waals surface area contributed by atoms with Gasteiger partial charge in [-0.25, -0.2) is 9.97 Å². The minimum atomic E-state index is 0.441. The molecule has 0 N–H and O–H groups in total. The van der Waals surface area contributed by atoms with E-state index in [-0.39, 0.29) is 0 Å². The van der Waals surface area contributed by atoms with Gasteiger partial charge < -0.3 is 9.47 Å². The number of imidazole rings is 1. The van der Waals surface area contributed by atoms with Crippen molar-refractivity contribution in [1.82, 2.24) is 19.4 Å². The second kappa shape index (κ2) is 5.70. The molecule has 1 unspecified atom stereocenters. The maximum atomic E-state index is 6.05. The number of rotatable bonds is 4. The predicted octanol–water partition coefficient (Wildman–Crippen LogP) is 2.90. The first-order valence-electron chi connectivity index (χ1n) is 7.29. The number of fused-ring (bicyclic) bond motifs is 1.